The van der Waals surface area contributed by atoms with E-state index in [2.05, 4.69) is 22.4 Å². The smallest absolute Gasteiger partial charge is 0.253 e. The van der Waals surface area contributed by atoms with Crippen molar-refractivity contribution >= 4 is 29.0 Å². The summed E-state index contributed by atoms with van der Waals surface area (Å²) in [5.41, 5.74) is 3.95. The van der Waals surface area contributed by atoms with Gasteiger partial charge in [-0.3, -0.25) is 4.79 Å². The number of ether oxygens (including phenoxy) is 1. The zero-order valence-electron chi connectivity index (χ0n) is 13.9. The Balaban J connectivity index is 0.00000182. The maximum atomic E-state index is 12.2. The van der Waals surface area contributed by atoms with Crippen molar-refractivity contribution in [2.75, 3.05) is 18.5 Å². The van der Waals surface area contributed by atoms with E-state index in [0.717, 1.165) is 53.7 Å². The molecule has 0 amide bonds. The average Bonchev–Trinajstić information content (AvgIpc) is 2.63. The number of aromatic nitrogens is 1. The Labute approximate surface area is 152 Å². The molecule has 2 aromatic carbocycles. The molecule has 0 radical (unpaired) electrons. The fraction of sp³-hybridized carbons (Fsp3) is 0.250. The predicted octanol–water partition coefficient (Wildman–Crippen LogP) is 3.93. The number of H-pyrrole nitrogens is 1. The van der Waals surface area contributed by atoms with E-state index < -0.39 is 0 Å². The summed E-state index contributed by atoms with van der Waals surface area (Å²) in [4.78, 5) is 15.1. The zero-order chi connectivity index (χ0) is 16.4. The highest BCUT2D eigenvalue weighted by Gasteiger charge is 2.16. The van der Waals surface area contributed by atoms with Gasteiger partial charge in [0.05, 0.1) is 17.8 Å². The van der Waals surface area contributed by atoms with Gasteiger partial charge in [0, 0.05) is 23.9 Å². The quantitative estimate of drug-likeness (QED) is 0.744. The fourth-order valence-corrected chi connectivity index (χ4v) is 3.25. The van der Waals surface area contributed by atoms with Crippen LogP contribution in [0.4, 0.5) is 5.69 Å². The Bertz CT molecular complexity index is 922. The lowest BCUT2D eigenvalue weighted by Crippen LogP contribution is -2.22. The minimum absolute atomic E-state index is 0. The molecule has 0 saturated carbocycles. The topological polar surface area (TPSA) is 54.1 Å². The third kappa shape index (κ3) is 3.64. The fourth-order valence-electron chi connectivity index (χ4n) is 3.25. The molecule has 25 heavy (non-hydrogen) atoms. The number of pyridine rings is 1. The summed E-state index contributed by atoms with van der Waals surface area (Å²) < 4.78 is 5.92. The van der Waals surface area contributed by atoms with Gasteiger partial charge in [-0.15, -0.1) is 12.4 Å². The lowest BCUT2D eigenvalue weighted by atomic mass is 10.0. The highest BCUT2D eigenvalue weighted by Crippen LogP contribution is 2.30. The molecule has 0 fully saturated rings. The number of nitrogens with one attached hydrogen (secondary N) is 2. The van der Waals surface area contributed by atoms with E-state index in [-0.39, 0.29) is 18.0 Å². The zero-order valence-corrected chi connectivity index (χ0v) is 14.7. The minimum Gasteiger partial charge on any atom is -0.493 e. The molecule has 3 aromatic rings. The van der Waals surface area contributed by atoms with Crippen molar-refractivity contribution in [2.24, 2.45) is 0 Å². The molecule has 4 nitrogen and oxygen atoms in total. The molecule has 1 aliphatic heterocycles. The maximum Gasteiger partial charge on any atom is 0.253 e. The SMILES string of the molecule is Cl.O=c1[nH]c2ccc(OCCc3ccccc3)cc2c2c1CCCN2. The monoisotopic (exact) mass is 356 g/mol. The number of halogens is 1. The first-order valence-corrected chi connectivity index (χ1v) is 8.41. The lowest BCUT2D eigenvalue weighted by molar-refractivity contribution is 0.322. The number of rotatable bonds is 4. The van der Waals surface area contributed by atoms with Gasteiger partial charge >= 0.3 is 0 Å². The van der Waals surface area contributed by atoms with Gasteiger partial charge in [0.15, 0.2) is 0 Å². The first-order chi connectivity index (χ1) is 11.8. The Kier molecular flexibility index (Phi) is 5.29. The highest BCUT2D eigenvalue weighted by atomic mass is 35.5. The molecule has 1 aliphatic rings. The summed E-state index contributed by atoms with van der Waals surface area (Å²) in [6, 6.07) is 16.2. The Morgan fingerprint density at radius 3 is 2.76 bits per heavy atom. The van der Waals surface area contributed by atoms with Crippen molar-refractivity contribution < 1.29 is 4.74 Å². The number of fused-ring (bicyclic) bond motifs is 3. The molecule has 0 atom stereocenters. The van der Waals surface area contributed by atoms with E-state index >= 15 is 0 Å². The van der Waals surface area contributed by atoms with Gasteiger partial charge in [-0.1, -0.05) is 30.3 Å². The molecule has 0 saturated heterocycles. The number of hydrogen-bond acceptors (Lipinski definition) is 3. The van der Waals surface area contributed by atoms with Gasteiger partial charge in [0.1, 0.15) is 5.75 Å². The Hall–Kier alpha value is -2.46. The van der Waals surface area contributed by atoms with Gasteiger partial charge in [-0.05, 0) is 36.6 Å². The number of anilines is 1. The predicted molar refractivity (Wildman–Crippen MR) is 104 cm³/mol. The molecule has 0 spiro atoms. The van der Waals surface area contributed by atoms with E-state index in [1.807, 2.05) is 36.4 Å². The van der Waals surface area contributed by atoms with E-state index in [9.17, 15) is 4.79 Å². The van der Waals surface area contributed by atoms with E-state index in [1.165, 1.54) is 5.56 Å². The summed E-state index contributed by atoms with van der Waals surface area (Å²) in [7, 11) is 0. The number of aromatic amines is 1. The number of hydrogen-bond donors (Lipinski definition) is 2. The van der Waals surface area contributed by atoms with Crippen molar-refractivity contribution in [3.63, 3.8) is 0 Å². The molecule has 2 heterocycles. The van der Waals surface area contributed by atoms with Crippen LogP contribution in [0.5, 0.6) is 5.75 Å². The van der Waals surface area contributed by atoms with Crippen molar-refractivity contribution in [1.82, 2.24) is 4.98 Å². The second-order valence-electron chi connectivity index (χ2n) is 6.13. The summed E-state index contributed by atoms with van der Waals surface area (Å²) in [6.45, 7) is 1.54. The largest absolute Gasteiger partial charge is 0.493 e. The third-order valence-electron chi connectivity index (χ3n) is 4.49. The van der Waals surface area contributed by atoms with Gasteiger partial charge in [-0.25, -0.2) is 0 Å². The number of benzene rings is 2. The molecule has 4 rings (SSSR count). The molecular weight excluding hydrogens is 336 g/mol. The molecule has 1 aromatic heterocycles. The second-order valence-corrected chi connectivity index (χ2v) is 6.13. The maximum absolute atomic E-state index is 12.2. The highest BCUT2D eigenvalue weighted by molar-refractivity contribution is 5.94. The van der Waals surface area contributed by atoms with Crippen LogP contribution < -0.4 is 15.6 Å². The molecule has 0 bridgehead atoms. The first-order valence-electron chi connectivity index (χ1n) is 8.41. The van der Waals surface area contributed by atoms with E-state index in [4.69, 9.17) is 4.74 Å². The molecular formula is C20H21ClN2O2. The van der Waals surface area contributed by atoms with Gasteiger partial charge in [0.2, 0.25) is 0 Å². The molecule has 5 heteroatoms. The van der Waals surface area contributed by atoms with Crippen LogP contribution in [0.2, 0.25) is 0 Å². The average molecular weight is 357 g/mol. The Morgan fingerprint density at radius 2 is 1.92 bits per heavy atom. The second kappa shape index (κ2) is 7.62. The normalized spacial score (nSPS) is 12.8. The van der Waals surface area contributed by atoms with Crippen LogP contribution in [-0.4, -0.2) is 18.1 Å². The molecule has 0 unspecified atom stereocenters. The van der Waals surface area contributed by atoms with Crippen LogP contribution in [0.1, 0.15) is 17.5 Å². The van der Waals surface area contributed by atoms with Crippen molar-refractivity contribution in [3.8, 4) is 5.75 Å². The van der Waals surface area contributed by atoms with Crippen molar-refractivity contribution in [1.29, 1.82) is 0 Å². The van der Waals surface area contributed by atoms with Crippen molar-refractivity contribution in [2.45, 2.75) is 19.3 Å². The summed E-state index contributed by atoms with van der Waals surface area (Å²) >= 11 is 0. The van der Waals surface area contributed by atoms with Crippen LogP contribution in [0.25, 0.3) is 10.9 Å². The first kappa shape index (κ1) is 17.4. The molecule has 130 valence electrons. The third-order valence-corrected chi connectivity index (χ3v) is 4.49. The Morgan fingerprint density at radius 1 is 1.08 bits per heavy atom. The van der Waals surface area contributed by atoms with Crippen LogP contribution in [0.15, 0.2) is 53.3 Å². The van der Waals surface area contributed by atoms with Crippen LogP contribution >= 0.6 is 12.4 Å². The van der Waals surface area contributed by atoms with Gasteiger partial charge < -0.3 is 15.0 Å². The van der Waals surface area contributed by atoms with Gasteiger partial charge in [-0.2, -0.15) is 0 Å². The van der Waals surface area contributed by atoms with Gasteiger partial charge in [0.25, 0.3) is 5.56 Å². The minimum atomic E-state index is 0. The summed E-state index contributed by atoms with van der Waals surface area (Å²) in [5, 5.41) is 4.41. The molecule has 2 N–H and O–H groups in total. The lowest BCUT2D eigenvalue weighted by Gasteiger charge is -2.19. The molecule has 0 aliphatic carbocycles. The van der Waals surface area contributed by atoms with E-state index in [0.29, 0.717) is 6.61 Å². The summed E-state index contributed by atoms with van der Waals surface area (Å²) in [5.74, 6) is 0.833. The van der Waals surface area contributed by atoms with Crippen LogP contribution in [-0.2, 0) is 12.8 Å². The standard InChI is InChI=1S/C20H20N2O2.ClH/c23-20-16-7-4-11-21-19(16)17-13-15(8-9-18(17)22-20)24-12-10-14-5-2-1-3-6-14;/h1-3,5-6,8-9,13,21H,4,7,10-12H2,(H,22,23);1H. The van der Waals surface area contributed by atoms with E-state index in [1.54, 1.807) is 0 Å². The van der Waals surface area contributed by atoms with Crippen molar-refractivity contribution in [3.05, 3.63) is 70.0 Å². The summed E-state index contributed by atoms with van der Waals surface area (Å²) in [6.07, 6.45) is 2.70. The van der Waals surface area contributed by atoms with Crippen LogP contribution in [0, 0.1) is 0 Å². The van der Waals surface area contributed by atoms with Crippen LogP contribution in [0.3, 0.4) is 0 Å².